The van der Waals surface area contributed by atoms with Gasteiger partial charge in [0.15, 0.2) is 6.10 Å². The van der Waals surface area contributed by atoms with Crippen molar-refractivity contribution in [2.24, 2.45) is 0 Å². The molecule has 7 heteroatoms. The number of nitriles is 1. The first-order valence-electron chi connectivity index (χ1n) is 10.4. The third-order valence-electron chi connectivity index (χ3n) is 5.46. The monoisotopic (exact) mass is 423 g/mol. The number of rotatable bonds is 9. The molecule has 0 aliphatic heterocycles. The van der Waals surface area contributed by atoms with Gasteiger partial charge in [0.2, 0.25) is 0 Å². The topological polar surface area (TPSA) is 112 Å². The van der Waals surface area contributed by atoms with E-state index in [1.807, 2.05) is 36.4 Å². The third kappa shape index (κ3) is 6.29. The van der Waals surface area contributed by atoms with Crippen molar-refractivity contribution in [3.63, 3.8) is 0 Å². The van der Waals surface area contributed by atoms with Crippen LogP contribution < -0.4 is 10.9 Å². The van der Waals surface area contributed by atoms with Crippen LogP contribution in [0.3, 0.4) is 0 Å². The quantitative estimate of drug-likeness (QED) is 0.602. The minimum Gasteiger partial charge on any atom is -0.453 e. The Morgan fingerprint density at radius 2 is 1.90 bits per heavy atom. The summed E-state index contributed by atoms with van der Waals surface area (Å²) in [5, 5.41) is 12.0. The highest BCUT2D eigenvalue weighted by atomic mass is 16.5. The van der Waals surface area contributed by atoms with E-state index in [1.165, 1.54) is 0 Å². The standard InChI is InChI=1S/C24H29N3O4/c1-5-18(19-9-7-6-8-10-19)14-26-23(29)17(4)31-22(28)12-11-20-15(2)21(13-25)24(30)27-16(20)3/h6-10,17-18H,5,11-12,14H2,1-4H3,(H,26,29)(H,27,30)/t17-,18-/m1/s1. The summed E-state index contributed by atoms with van der Waals surface area (Å²) < 4.78 is 5.28. The SMILES string of the molecule is CC[C@H](CNC(=O)[C@@H](C)OC(=O)CCc1c(C)[nH]c(=O)c(C#N)c1C)c1ccccc1. The van der Waals surface area contributed by atoms with Gasteiger partial charge >= 0.3 is 5.97 Å². The number of H-pyrrole nitrogens is 1. The lowest BCUT2D eigenvalue weighted by Crippen LogP contribution is -2.38. The third-order valence-corrected chi connectivity index (χ3v) is 5.46. The van der Waals surface area contributed by atoms with Gasteiger partial charge in [-0.05, 0) is 50.3 Å². The van der Waals surface area contributed by atoms with Gasteiger partial charge in [-0.3, -0.25) is 14.4 Å². The van der Waals surface area contributed by atoms with Gasteiger partial charge in [-0.25, -0.2) is 0 Å². The van der Waals surface area contributed by atoms with Gasteiger partial charge in [-0.15, -0.1) is 0 Å². The molecular formula is C24H29N3O4. The zero-order valence-corrected chi connectivity index (χ0v) is 18.5. The van der Waals surface area contributed by atoms with Crippen molar-refractivity contribution < 1.29 is 14.3 Å². The van der Waals surface area contributed by atoms with E-state index in [0.29, 0.717) is 24.2 Å². The fraction of sp³-hybridized carbons (Fsp3) is 0.417. The number of nitrogens with one attached hydrogen (secondary N) is 2. The van der Waals surface area contributed by atoms with Crippen LogP contribution in [0.1, 0.15) is 60.6 Å². The van der Waals surface area contributed by atoms with E-state index in [9.17, 15) is 14.4 Å². The summed E-state index contributed by atoms with van der Waals surface area (Å²) in [5.74, 6) is -0.666. The molecule has 2 aromatic rings. The summed E-state index contributed by atoms with van der Waals surface area (Å²) >= 11 is 0. The lowest BCUT2D eigenvalue weighted by Gasteiger charge is -2.19. The lowest BCUT2D eigenvalue weighted by atomic mass is 9.96. The number of aromatic nitrogens is 1. The van der Waals surface area contributed by atoms with Gasteiger partial charge in [0.05, 0.1) is 0 Å². The van der Waals surface area contributed by atoms with Crippen LogP contribution in [0.2, 0.25) is 0 Å². The lowest BCUT2D eigenvalue weighted by molar-refractivity contribution is -0.154. The number of aromatic amines is 1. The molecule has 0 radical (unpaired) electrons. The number of benzene rings is 1. The zero-order valence-electron chi connectivity index (χ0n) is 18.5. The molecule has 0 bridgehead atoms. The number of amides is 1. The number of aryl methyl sites for hydroxylation is 1. The van der Waals surface area contributed by atoms with Crippen molar-refractivity contribution in [1.29, 1.82) is 5.26 Å². The van der Waals surface area contributed by atoms with E-state index >= 15 is 0 Å². The van der Waals surface area contributed by atoms with Gasteiger partial charge in [-0.1, -0.05) is 37.3 Å². The predicted octanol–water partition coefficient (Wildman–Crippen LogP) is 3.04. The van der Waals surface area contributed by atoms with Crippen molar-refractivity contribution in [2.45, 2.75) is 59.0 Å². The van der Waals surface area contributed by atoms with Crippen LogP contribution in [0, 0.1) is 25.2 Å². The van der Waals surface area contributed by atoms with Crippen molar-refractivity contribution in [3.05, 3.63) is 68.6 Å². The minimum atomic E-state index is -0.909. The van der Waals surface area contributed by atoms with E-state index in [2.05, 4.69) is 17.2 Å². The van der Waals surface area contributed by atoms with Gasteiger partial charge in [0, 0.05) is 24.6 Å². The first-order valence-corrected chi connectivity index (χ1v) is 10.4. The maximum absolute atomic E-state index is 12.4. The van der Waals surface area contributed by atoms with Crippen LogP contribution >= 0.6 is 0 Å². The fourth-order valence-electron chi connectivity index (χ4n) is 3.55. The molecule has 2 rings (SSSR count). The van der Waals surface area contributed by atoms with Crippen LogP contribution in [0.15, 0.2) is 35.1 Å². The number of pyridine rings is 1. The molecule has 0 aliphatic rings. The summed E-state index contributed by atoms with van der Waals surface area (Å²) in [4.78, 5) is 39.1. The van der Waals surface area contributed by atoms with Crippen molar-refractivity contribution in [2.75, 3.05) is 6.54 Å². The molecular weight excluding hydrogens is 394 g/mol. The Balaban J connectivity index is 1.89. The fourth-order valence-corrected chi connectivity index (χ4v) is 3.55. The van der Waals surface area contributed by atoms with Gasteiger partial charge in [-0.2, -0.15) is 5.26 Å². The van der Waals surface area contributed by atoms with E-state index in [-0.39, 0.29) is 23.8 Å². The number of esters is 1. The van der Waals surface area contributed by atoms with Gasteiger partial charge in [0.1, 0.15) is 11.6 Å². The Bertz CT molecular complexity index is 1020. The maximum atomic E-state index is 12.4. The van der Waals surface area contributed by atoms with E-state index in [0.717, 1.165) is 17.5 Å². The van der Waals surface area contributed by atoms with Crippen LogP contribution in [-0.4, -0.2) is 29.5 Å². The summed E-state index contributed by atoms with van der Waals surface area (Å²) in [6, 6.07) is 11.8. The Morgan fingerprint density at radius 3 is 2.52 bits per heavy atom. The Morgan fingerprint density at radius 1 is 1.23 bits per heavy atom. The number of carbonyl (C=O) groups is 2. The van der Waals surface area contributed by atoms with E-state index in [1.54, 1.807) is 20.8 Å². The molecule has 1 heterocycles. The first kappa shape index (κ1) is 23.9. The van der Waals surface area contributed by atoms with Crippen molar-refractivity contribution in [1.82, 2.24) is 10.3 Å². The van der Waals surface area contributed by atoms with Crippen LogP contribution in [0.5, 0.6) is 0 Å². The van der Waals surface area contributed by atoms with Gasteiger partial charge < -0.3 is 15.0 Å². The van der Waals surface area contributed by atoms with Crippen molar-refractivity contribution >= 4 is 11.9 Å². The molecule has 0 spiro atoms. The molecule has 164 valence electrons. The molecule has 0 unspecified atom stereocenters. The number of hydrogen-bond acceptors (Lipinski definition) is 5. The average molecular weight is 424 g/mol. The number of carbonyl (C=O) groups excluding carboxylic acids is 2. The summed E-state index contributed by atoms with van der Waals surface area (Å²) in [6.45, 7) is 7.48. The molecule has 1 amide bonds. The van der Waals surface area contributed by atoms with E-state index < -0.39 is 17.6 Å². The first-order chi connectivity index (χ1) is 14.8. The highest BCUT2D eigenvalue weighted by molar-refractivity contribution is 5.83. The van der Waals surface area contributed by atoms with Crippen LogP contribution in [-0.2, 0) is 20.7 Å². The Hall–Kier alpha value is -3.40. The number of hydrogen-bond donors (Lipinski definition) is 2. The Kier molecular flexibility index (Phi) is 8.56. The normalized spacial score (nSPS) is 12.5. The molecule has 31 heavy (non-hydrogen) atoms. The molecule has 0 fully saturated rings. The maximum Gasteiger partial charge on any atom is 0.306 e. The average Bonchev–Trinajstić information content (AvgIpc) is 2.74. The highest BCUT2D eigenvalue weighted by Gasteiger charge is 2.20. The molecule has 0 saturated carbocycles. The Labute approximate surface area is 182 Å². The number of nitrogens with zero attached hydrogens (tertiary/aromatic N) is 1. The molecule has 1 aromatic carbocycles. The minimum absolute atomic E-state index is 0.0395. The van der Waals surface area contributed by atoms with Crippen LogP contribution in [0.4, 0.5) is 0 Å². The molecule has 2 atom stereocenters. The molecule has 7 nitrogen and oxygen atoms in total. The molecule has 1 aromatic heterocycles. The summed E-state index contributed by atoms with van der Waals surface area (Å²) in [7, 11) is 0. The van der Waals surface area contributed by atoms with Crippen LogP contribution in [0.25, 0.3) is 0 Å². The highest BCUT2D eigenvalue weighted by Crippen LogP contribution is 2.18. The molecule has 2 N–H and O–H groups in total. The predicted molar refractivity (Wildman–Crippen MR) is 118 cm³/mol. The van der Waals surface area contributed by atoms with Gasteiger partial charge in [0.25, 0.3) is 11.5 Å². The second kappa shape index (κ2) is 11.1. The zero-order chi connectivity index (χ0) is 23.0. The smallest absolute Gasteiger partial charge is 0.306 e. The van der Waals surface area contributed by atoms with E-state index in [4.69, 9.17) is 10.00 Å². The summed E-state index contributed by atoms with van der Waals surface area (Å²) in [6.07, 6.45) is 0.314. The second-order valence-corrected chi connectivity index (χ2v) is 7.56. The number of ether oxygens (including phenoxy) is 1. The second-order valence-electron chi connectivity index (χ2n) is 7.56. The summed E-state index contributed by atoms with van der Waals surface area (Å²) in [5.41, 5.74) is 2.68. The van der Waals surface area contributed by atoms with Crippen molar-refractivity contribution in [3.8, 4) is 6.07 Å². The molecule has 0 saturated heterocycles. The molecule has 0 aliphatic carbocycles. The largest absolute Gasteiger partial charge is 0.453 e.